The number of likely N-dealkylation sites (N-methyl/N-ethyl adjacent to an activating group) is 1. The number of ether oxygens (including phenoxy) is 2. The van der Waals surface area contributed by atoms with Crippen LogP contribution in [0.1, 0.15) is 33.3 Å². The number of pyridine rings is 1. The normalized spacial score (nSPS) is 18.9. The van der Waals surface area contributed by atoms with Crippen LogP contribution in [-0.2, 0) is 21.6 Å². The average Bonchev–Trinajstić information content (AvgIpc) is 2.73. The molecule has 2 aliphatic heterocycles. The molecule has 2 N–H and O–H groups in total. The Morgan fingerprint density at radius 3 is 2.62 bits per heavy atom. The molecule has 1 fully saturated rings. The number of methoxy groups -OCH3 is 1. The number of halogens is 2. The molecule has 1 aromatic carbocycles. The van der Waals surface area contributed by atoms with Crippen molar-refractivity contribution in [1.29, 1.82) is 0 Å². The molecule has 1 atom stereocenters. The molecule has 0 aliphatic carbocycles. The molecule has 32 heavy (non-hydrogen) atoms. The Labute approximate surface area is 181 Å². The lowest BCUT2D eigenvalue weighted by Gasteiger charge is -2.54. The summed E-state index contributed by atoms with van der Waals surface area (Å²) >= 11 is 0. The van der Waals surface area contributed by atoms with Gasteiger partial charge in [-0.1, -0.05) is 6.07 Å². The molecule has 1 unspecified atom stereocenters. The van der Waals surface area contributed by atoms with Crippen molar-refractivity contribution >= 4 is 11.8 Å². The summed E-state index contributed by atoms with van der Waals surface area (Å²) in [7, 11) is 1.43. The zero-order chi connectivity index (χ0) is 23.2. The first-order valence-electron chi connectivity index (χ1n) is 9.88. The topological polar surface area (TPSA) is 110 Å². The van der Waals surface area contributed by atoms with Gasteiger partial charge in [0.25, 0.3) is 11.8 Å². The number of nitrogens with zero attached hydrogens (tertiary/aromatic N) is 2. The maximum absolute atomic E-state index is 13.9. The molecule has 0 bridgehead atoms. The lowest BCUT2D eigenvalue weighted by atomic mass is 9.89. The summed E-state index contributed by atoms with van der Waals surface area (Å²) in [6, 6.07) is 2.89. The van der Waals surface area contributed by atoms with Crippen LogP contribution in [0.5, 0.6) is 5.75 Å². The third-order valence-corrected chi connectivity index (χ3v) is 5.84. The lowest BCUT2D eigenvalue weighted by molar-refractivity contribution is -0.210. The van der Waals surface area contributed by atoms with Crippen LogP contribution in [0.15, 0.2) is 29.2 Å². The van der Waals surface area contributed by atoms with Gasteiger partial charge in [0.15, 0.2) is 17.7 Å². The van der Waals surface area contributed by atoms with Crippen LogP contribution in [0.4, 0.5) is 8.78 Å². The Balaban J connectivity index is 1.74. The number of aromatic hydroxyl groups is 1. The second-order valence-corrected chi connectivity index (χ2v) is 7.63. The van der Waals surface area contributed by atoms with Gasteiger partial charge in [-0.25, -0.2) is 8.78 Å². The summed E-state index contributed by atoms with van der Waals surface area (Å²) in [5, 5.41) is 13.0. The Morgan fingerprint density at radius 1 is 1.34 bits per heavy atom. The first-order chi connectivity index (χ1) is 15.2. The van der Waals surface area contributed by atoms with Crippen LogP contribution < -0.4 is 10.7 Å². The number of carbonyl (C=O) groups excluding carboxylic acids is 2. The summed E-state index contributed by atoms with van der Waals surface area (Å²) in [6.45, 7) is 1.94. The van der Waals surface area contributed by atoms with Crippen LogP contribution in [0.25, 0.3) is 0 Å². The summed E-state index contributed by atoms with van der Waals surface area (Å²) in [5.74, 6) is -3.99. The first kappa shape index (κ1) is 21.9. The summed E-state index contributed by atoms with van der Waals surface area (Å²) in [6.07, 6.45) is 0.445. The third-order valence-electron chi connectivity index (χ3n) is 5.84. The highest BCUT2D eigenvalue weighted by atomic mass is 19.1. The highest BCUT2D eigenvalue weighted by Crippen LogP contribution is 2.40. The van der Waals surface area contributed by atoms with E-state index in [1.807, 2.05) is 0 Å². The average molecular weight is 449 g/mol. The molecular weight excluding hydrogens is 428 g/mol. The van der Waals surface area contributed by atoms with E-state index < -0.39 is 52.0 Å². The largest absolute Gasteiger partial charge is 0.503 e. The molecule has 2 aliphatic rings. The van der Waals surface area contributed by atoms with Crippen molar-refractivity contribution in [3.05, 3.63) is 63.1 Å². The van der Waals surface area contributed by atoms with Crippen molar-refractivity contribution in [3.8, 4) is 5.75 Å². The van der Waals surface area contributed by atoms with Crippen molar-refractivity contribution in [2.24, 2.45) is 0 Å². The number of benzene rings is 1. The highest BCUT2D eigenvalue weighted by molar-refractivity contribution is 5.99. The van der Waals surface area contributed by atoms with Gasteiger partial charge in [0.05, 0.1) is 13.2 Å². The SMILES string of the molecule is CCN1C(=O)c2c(O)c(=O)c(C(=O)NCc3ccc(F)cc3F)cn2C2(COC2)C1OC. The summed E-state index contributed by atoms with van der Waals surface area (Å²) in [4.78, 5) is 39.8. The van der Waals surface area contributed by atoms with Gasteiger partial charge in [-0.05, 0) is 13.0 Å². The minimum Gasteiger partial charge on any atom is -0.503 e. The second-order valence-electron chi connectivity index (χ2n) is 7.63. The highest BCUT2D eigenvalue weighted by Gasteiger charge is 2.56. The van der Waals surface area contributed by atoms with Crippen molar-refractivity contribution in [1.82, 2.24) is 14.8 Å². The molecule has 11 heteroatoms. The Morgan fingerprint density at radius 2 is 2.06 bits per heavy atom. The zero-order valence-corrected chi connectivity index (χ0v) is 17.4. The standard InChI is InChI=1S/C21H21F2N3O6/c1-3-25-19(30)15-17(28)16(27)13(8-26(15)21(9-32-10-21)20(25)31-2)18(29)24-7-11-4-5-12(22)6-14(11)23/h4-6,8,20,28H,3,7,9-10H2,1-2H3,(H,24,29). The molecule has 170 valence electrons. The van der Waals surface area contributed by atoms with Crippen LogP contribution in [0, 0.1) is 11.6 Å². The molecule has 4 rings (SSSR count). The number of fused-ring (bicyclic) bond motifs is 2. The number of hydrogen-bond donors (Lipinski definition) is 2. The van der Waals surface area contributed by atoms with Crippen LogP contribution in [-0.4, -0.2) is 59.5 Å². The summed E-state index contributed by atoms with van der Waals surface area (Å²) in [5.41, 5.74) is -2.65. The Hall–Kier alpha value is -3.31. The number of rotatable bonds is 5. The van der Waals surface area contributed by atoms with E-state index in [-0.39, 0.29) is 37.6 Å². The minimum absolute atomic E-state index is 0.0131. The molecule has 2 aromatic rings. The van der Waals surface area contributed by atoms with Gasteiger partial charge in [-0.3, -0.25) is 14.4 Å². The third kappa shape index (κ3) is 3.16. The van der Waals surface area contributed by atoms with E-state index in [1.54, 1.807) is 6.92 Å². The predicted molar refractivity (Wildman–Crippen MR) is 106 cm³/mol. The molecule has 2 amide bonds. The maximum atomic E-state index is 13.9. The maximum Gasteiger partial charge on any atom is 0.276 e. The van der Waals surface area contributed by atoms with Crippen molar-refractivity contribution < 1.29 is 33.0 Å². The van der Waals surface area contributed by atoms with Gasteiger partial charge in [0.2, 0.25) is 5.43 Å². The first-order valence-corrected chi connectivity index (χ1v) is 9.88. The predicted octanol–water partition coefficient (Wildman–Crippen LogP) is 0.936. The van der Waals surface area contributed by atoms with E-state index in [2.05, 4.69) is 5.32 Å². The number of amides is 2. The van der Waals surface area contributed by atoms with Gasteiger partial charge >= 0.3 is 0 Å². The number of aromatic nitrogens is 1. The molecule has 3 heterocycles. The Kier molecular flexibility index (Phi) is 5.47. The fourth-order valence-electron chi connectivity index (χ4n) is 4.16. The molecule has 0 saturated carbocycles. The molecular formula is C21H21F2N3O6. The number of hydrogen-bond acceptors (Lipinski definition) is 6. The Bertz CT molecular complexity index is 1160. The second kappa shape index (κ2) is 7.99. The smallest absolute Gasteiger partial charge is 0.276 e. The van der Waals surface area contributed by atoms with E-state index in [9.17, 15) is 28.3 Å². The molecule has 1 saturated heterocycles. The minimum atomic E-state index is -1.04. The van der Waals surface area contributed by atoms with Crippen LogP contribution >= 0.6 is 0 Å². The summed E-state index contributed by atoms with van der Waals surface area (Å²) < 4.78 is 39.2. The number of nitrogens with one attached hydrogen (secondary N) is 1. The van der Waals surface area contributed by atoms with Gasteiger partial charge in [-0.2, -0.15) is 0 Å². The van der Waals surface area contributed by atoms with E-state index in [0.29, 0.717) is 6.07 Å². The van der Waals surface area contributed by atoms with Crippen molar-refractivity contribution in [2.75, 3.05) is 26.9 Å². The fourth-order valence-corrected chi connectivity index (χ4v) is 4.16. The zero-order valence-electron chi connectivity index (χ0n) is 17.4. The van der Waals surface area contributed by atoms with Crippen molar-refractivity contribution in [3.63, 3.8) is 0 Å². The van der Waals surface area contributed by atoms with Crippen LogP contribution in [0.2, 0.25) is 0 Å². The van der Waals surface area contributed by atoms with Crippen molar-refractivity contribution in [2.45, 2.75) is 25.2 Å². The van der Waals surface area contributed by atoms with Gasteiger partial charge < -0.3 is 29.4 Å². The number of carbonyl (C=O) groups is 2. The van der Waals surface area contributed by atoms with E-state index in [0.717, 1.165) is 6.07 Å². The quantitative estimate of drug-likeness (QED) is 0.703. The molecule has 9 nitrogen and oxygen atoms in total. The molecule has 0 radical (unpaired) electrons. The lowest BCUT2D eigenvalue weighted by Crippen LogP contribution is -2.70. The molecule has 1 aromatic heterocycles. The monoisotopic (exact) mass is 449 g/mol. The van der Waals surface area contributed by atoms with Gasteiger partial charge in [-0.15, -0.1) is 0 Å². The van der Waals surface area contributed by atoms with Crippen LogP contribution in [0.3, 0.4) is 0 Å². The van der Waals surface area contributed by atoms with E-state index in [4.69, 9.17) is 9.47 Å². The molecule has 1 spiro atoms. The van der Waals surface area contributed by atoms with Gasteiger partial charge in [0.1, 0.15) is 22.7 Å². The van der Waals surface area contributed by atoms with Gasteiger partial charge in [0, 0.05) is 38.0 Å². The van der Waals surface area contributed by atoms with E-state index in [1.165, 1.54) is 28.8 Å². The fraction of sp³-hybridized carbons (Fsp3) is 0.381. The van der Waals surface area contributed by atoms with E-state index >= 15 is 0 Å².